The molecule has 0 aliphatic heterocycles. The molecule has 1 amide bonds. The Morgan fingerprint density at radius 3 is 2.12 bits per heavy atom. The SMILES string of the molecule is [B]P(P)C(=O)[C@@H](Cc1cc(I)c(O)c(I)c1)NC(=O)OCC1c2ccccc2-c2ccccc21. The van der Waals surface area contributed by atoms with Crippen LogP contribution in [0.2, 0.25) is 0 Å². The Hall–Kier alpha value is -1.22. The third-order valence-corrected chi connectivity index (χ3v) is 8.93. The zero-order valence-electron chi connectivity index (χ0n) is 17.9. The zero-order chi connectivity index (χ0) is 24.4. The molecule has 0 aromatic heterocycles. The molecule has 0 heterocycles. The number of alkyl carbamates (subject to hydrolysis) is 1. The number of halogens is 2. The Bertz CT molecular complexity index is 1190. The van der Waals surface area contributed by atoms with E-state index in [0.717, 1.165) is 27.8 Å². The summed E-state index contributed by atoms with van der Waals surface area (Å²) in [5.41, 5.74) is 5.08. The minimum absolute atomic E-state index is 0.0686. The number of aromatic hydroxyl groups is 1. The molecule has 0 saturated carbocycles. The largest absolute Gasteiger partial charge is 0.506 e. The molecule has 2 N–H and O–H groups in total. The summed E-state index contributed by atoms with van der Waals surface area (Å²) in [5.74, 6) is 0.130. The van der Waals surface area contributed by atoms with Crippen LogP contribution in [0.1, 0.15) is 22.6 Å². The second kappa shape index (κ2) is 11.2. The number of benzene rings is 3. The van der Waals surface area contributed by atoms with Gasteiger partial charge in [-0.05, 0) is 85.1 Å². The second-order valence-electron chi connectivity index (χ2n) is 7.88. The van der Waals surface area contributed by atoms with E-state index >= 15 is 0 Å². The van der Waals surface area contributed by atoms with Gasteiger partial charge in [-0.3, -0.25) is 4.79 Å². The summed E-state index contributed by atoms with van der Waals surface area (Å²) in [6.45, 7) is 0.161. The number of fused-ring (bicyclic) bond motifs is 3. The van der Waals surface area contributed by atoms with Crippen molar-refractivity contribution < 1.29 is 19.4 Å². The van der Waals surface area contributed by atoms with Crippen LogP contribution in [0.15, 0.2) is 60.7 Å². The maximum Gasteiger partial charge on any atom is 0.407 e. The van der Waals surface area contributed by atoms with E-state index in [1.165, 1.54) is 0 Å². The molecule has 172 valence electrons. The molecule has 1 aliphatic carbocycles. The molecular weight excluding hydrogens is 693 g/mol. The van der Waals surface area contributed by atoms with Crippen LogP contribution in [-0.2, 0) is 16.0 Å². The van der Waals surface area contributed by atoms with Gasteiger partial charge in [0.05, 0.1) is 13.2 Å². The normalized spacial score (nSPS) is 14.1. The highest BCUT2D eigenvalue weighted by Gasteiger charge is 2.30. The molecule has 0 bridgehead atoms. The van der Waals surface area contributed by atoms with Gasteiger partial charge >= 0.3 is 6.09 Å². The summed E-state index contributed by atoms with van der Waals surface area (Å²) in [7, 11) is 6.72. The first-order valence-corrected chi connectivity index (χ1v) is 15.6. The van der Waals surface area contributed by atoms with Crippen LogP contribution in [0.25, 0.3) is 11.1 Å². The molecule has 2 radical (unpaired) electrons. The van der Waals surface area contributed by atoms with Crippen molar-refractivity contribution in [2.24, 2.45) is 0 Å². The molecule has 10 heteroatoms. The highest BCUT2D eigenvalue weighted by atomic mass is 127. The van der Waals surface area contributed by atoms with Gasteiger partial charge in [0.25, 0.3) is 0 Å². The fraction of sp³-hybridized carbons (Fsp3) is 0.167. The standard InChI is InChI=1S/C24H20BI2NO4P2/c25-34(33)23(30)21(11-13-9-19(26)22(29)20(27)10-13)28-24(31)32-12-18-16-7-3-1-5-14(16)15-6-2-4-8-17(15)18/h1-10,18,21,29H,11-12,33H2,(H,28,31)/t21-,34?/m1/s1. The van der Waals surface area contributed by atoms with Crippen molar-refractivity contribution in [3.8, 4) is 16.9 Å². The average molecular weight is 713 g/mol. The first-order chi connectivity index (χ1) is 16.3. The number of phenolic OH excluding ortho intramolecular Hbond substituents is 1. The fourth-order valence-corrected chi connectivity index (χ4v) is 7.09. The maximum atomic E-state index is 12.8. The van der Waals surface area contributed by atoms with E-state index in [0.29, 0.717) is 7.14 Å². The molecular formula is C24H20BI2NO4P2. The summed E-state index contributed by atoms with van der Waals surface area (Å²) in [6, 6.07) is 19.0. The summed E-state index contributed by atoms with van der Waals surface area (Å²) < 4.78 is 6.97. The lowest BCUT2D eigenvalue weighted by atomic mass is 9.98. The fourth-order valence-electron chi connectivity index (χ4n) is 4.13. The van der Waals surface area contributed by atoms with Crippen molar-refractivity contribution >= 4 is 80.8 Å². The zero-order valence-corrected chi connectivity index (χ0v) is 24.2. The number of carbonyl (C=O) groups excluding carboxylic acids is 2. The van der Waals surface area contributed by atoms with E-state index < -0.39 is 19.6 Å². The Kier molecular flexibility index (Phi) is 8.55. The van der Waals surface area contributed by atoms with Gasteiger partial charge in [-0.2, -0.15) is 0 Å². The summed E-state index contributed by atoms with van der Waals surface area (Å²) >= 11 is 4.07. The predicted molar refractivity (Wildman–Crippen MR) is 157 cm³/mol. The lowest BCUT2D eigenvalue weighted by molar-refractivity contribution is -0.113. The number of hydrogen-bond donors (Lipinski definition) is 2. The summed E-state index contributed by atoms with van der Waals surface area (Å²) in [6.07, 6.45) is -0.412. The van der Waals surface area contributed by atoms with Gasteiger partial charge in [0.15, 0.2) is 5.52 Å². The van der Waals surface area contributed by atoms with Crippen molar-refractivity contribution in [1.82, 2.24) is 5.32 Å². The molecule has 5 nitrogen and oxygen atoms in total. The van der Waals surface area contributed by atoms with Crippen molar-refractivity contribution in [3.63, 3.8) is 0 Å². The first kappa shape index (κ1) is 25.9. The first-order valence-electron chi connectivity index (χ1n) is 10.4. The lowest BCUT2D eigenvalue weighted by Gasteiger charge is -2.21. The van der Waals surface area contributed by atoms with E-state index in [4.69, 9.17) is 12.3 Å². The van der Waals surface area contributed by atoms with Crippen molar-refractivity contribution in [2.75, 3.05) is 6.61 Å². The molecule has 4 rings (SSSR count). The topological polar surface area (TPSA) is 75.6 Å². The molecule has 0 fully saturated rings. The third-order valence-electron chi connectivity index (χ3n) is 5.70. The third kappa shape index (κ3) is 5.61. The van der Waals surface area contributed by atoms with Gasteiger partial charge in [-0.25, -0.2) is 4.79 Å². The van der Waals surface area contributed by atoms with Crippen molar-refractivity contribution in [1.29, 1.82) is 0 Å². The molecule has 0 saturated heterocycles. The number of rotatable bonds is 7. The average Bonchev–Trinajstić information content (AvgIpc) is 3.14. The molecule has 34 heavy (non-hydrogen) atoms. The molecule has 3 atom stereocenters. The van der Waals surface area contributed by atoms with Crippen LogP contribution in [0.5, 0.6) is 5.75 Å². The second-order valence-corrected chi connectivity index (χ2v) is 13.1. The van der Waals surface area contributed by atoms with E-state index in [-0.39, 0.29) is 30.2 Å². The lowest BCUT2D eigenvalue weighted by Crippen LogP contribution is -2.42. The van der Waals surface area contributed by atoms with Gasteiger partial charge < -0.3 is 15.2 Å². The van der Waals surface area contributed by atoms with E-state index in [1.54, 1.807) is 12.1 Å². The summed E-state index contributed by atoms with van der Waals surface area (Å²) in [4.78, 5) is 25.5. The maximum absolute atomic E-state index is 12.8. The monoisotopic (exact) mass is 713 g/mol. The smallest absolute Gasteiger partial charge is 0.407 e. The predicted octanol–water partition coefficient (Wildman–Crippen LogP) is 5.93. The van der Waals surface area contributed by atoms with E-state index in [9.17, 15) is 14.7 Å². The van der Waals surface area contributed by atoms with E-state index in [2.05, 4.69) is 38.5 Å². The van der Waals surface area contributed by atoms with Crippen LogP contribution < -0.4 is 5.32 Å². The van der Waals surface area contributed by atoms with Gasteiger partial charge in [0, 0.05) is 12.3 Å². The van der Waals surface area contributed by atoms with Gasteiger partial charge in [-0.1, -0.05) is 56.0 Å². The number of hydrogen-bond acceptors (Lipinski definition) is 4. The Balaban J connectivity index is 1.48. The van der Waals surface area contributed by atoms with Crippen molar-refractivity contribution in [2.45, 2.75) is 18.4 Å². The minimum atomic E-state index is -1.48. The van der Waals surface area contributed by atoms with Crippen LogP contribution in [0.4, 0.5) is 4.79 Å². The summed E-state index contributed by atoms with van der Waals surface area (Å²) in [5, 5.41) is 12.7. The van der Waals surface area contributed by atoms with Gasteiger partial charge in [0.2, 0.25) is 0 Å². The van der Waals surface area contributed by atoms with Crippen LogP contribution in [0.3, 0.4) is 0 Å². The molecule has 0 spiro atoms. The number of phenols is 1. The highest BCUT2D eigenvalue weighted by molar-refractivity contribution is 14.1. The van der Waals surface area contributed by atoms with E-state index in [1.807, 2.05) is 69.4 Å². The minimum Gasteiger partial charge on any atom is -0.506 e. The Morgan fingerprint density at radius 2 is 1.59 bits per heavy atom. The molecule has 1 aliphatic rings. The number of nitrogens with one attached hydrogen (secondary N) is 1. The van der Waals surface area contributed by atoms with Crippen molar-refractivity contribution in [3.05, 3.63) is 84.5 Å². The number of carbonyl (C=O) groups is 2. The molecule has 3 aromatic rings. The molecule has 2 unspecified atom stereocenters. The molecule has 3 aromatic carbocycles. The number of ether oxygens (including phenoxy) is 1. The van der Waals surface area contributed by atoms with Crippen LogP contribution >= 0.6 is 61.6 Å². The van der Waals surface area contributed by atoms with Crippen LogP contribution in [-0.4, -0.2) is 36.9 Å². The number of amides is 1. The quantitative estimate of drug-likeness (QED) is 0.181. The van der Waals surface area contributed by atoms with Gasteiger partial charge in [-0.15, -0.1) is 8.93 Å². The Morgan fingerprint density at radius 1 is 1.06 bits per heavy atom. The van der Waals surface area contributed by atoms with Gasteiger partial charge in [0.1, 0.15) is 19.9 Å². The Labute approximate surface area is 230 Å². The highest BCUT2D eigenvalue weighted by Crippen LogP contribution is 2.44. The van der Waals surface area contributed by atoms with Crippen LogP contribution in [0, 0.1) is 7.14 Å².